The Kier molecular flexibility index (Phi) is 6.36. The number of rotatable bonds is 8. The van der Waals surface area contributed by atoms with E-state index in [-0.39, 0.29) is 17.7 Å². The van der Waals surface area contributed by atoms with Crippen LogP contribution in [-0.2, 0) is 4.79 Å². The van der Waals surface area contributed by atoms with E-state index in [4.69, 9.17) is 13.9 Å². The van der Waals surface area contributed by atoms with Crippen molar-refractivity contribution in [1.29, 1.82) is 0 Å². The van der Waals surface area contributed by atoms with Crippen LogP contribution in [0, 0.1) is 0 Å². The van der Waals surface area contributed by atoms with Gasteiger partial charge in [0.05, 0.1) is 26.0 Å². The zero-order chi connectivity index (χ0) is 19.2. The van der Waals surface area contributed by atoms with Crippen LogP contribution < -0.4 is 14.8 Å². The van der Waals surface area contributed by atoms with Crippen LogP contribution in [0.5, 0.6) is 11.5 Å². The van der Waals surface area contributed by atoms with Gasteiger partial charge in [0.15, 0.2) is 11.5 Å². The number of aromatic nitrogens is 2. The van der Waals surface area contributed by atoms with E-state index in [2.05, 4.69) is 15.5 Å². The Hall–Kier alpha value is -2.52. The highest BCUT2D eigenvalue weighted by atomic mass is 32.2. The number of thioether (sulfide) groups is 1. The third-order valence-corrected chi connectivity index (χ3v) is 5.58. The number of benzene rings is 1. The van der Waals surface area contributed by atoms with Crippen LogP contribution in [0.15, 0.2) is 45.4 Å². The molecule has 1 amide bonds. The van der Waals surface area contributed by atoms with Crippen molar-refractivity contribution in [1.82, 2.24) is 15.5 Å². The average Bonchev–Trinajstić information content (AvgIpc) is 3.37. The second-order valence-corrected chi connectivity index (χ2v) is 7.44. The largest absolute Gasteiger partial charge is 0.493 e. The lowest BCUT2D eigenvalue weighted by atomic mass is 10.2. The van der Waals surface area contributed by atoms with Crippen LogP contribution in [0.3, 0.4) is 0 Å². The predicted molar refractivity (Wildman–Crippen MR) is 104 cm³/mol. The van der Waals surface area contributed by atoms with E-state index in [0.717, 1.165) is 4.88 Å². The van der Waals surface area contributed by atoms with Gasteiger partial charge in [-0.05, 0) is 36.6 Å². The molecule has 0 spiro atoms. The van der Waals surface area contributed by atoms with Crippen LogP contribution in [0.2, 0.25) is 0 Å². The number of carbonyl (C=O) groups excluding carboxylic acids is 1. The molecular formula is C18H19N3O4S2. The third-order valence-electron chi connectivity index (χ3n) is 3.71. The molecule has 2 aromatic heterocycles. The van der Waals surface area contributed by atoms with Crippen LogP contribution in [0.4, 0.5) is 0 Å². The van der Waals surface area contributed by atoms with Gasteiger partial charge in [-0.3, -0.25) is 4.79 Å². The molecular weight excluding hydrogens is 386 g/mol. The Labute approximate surface area is 165 Å². The van der Waals surface area contributed by atoms with Crippen LogP contribution in [0.25, 0.3) is 11.5 Å². The van der Waals surface area contributed by atoms with Gasteiger partial charge in [0, 0.05) is 10.4 Å². The van der Waals surface area contributed by atoms with Gasteiger partial charge in [-0.2, -0.15) is 0 Å². The van der Waals surface area contributed by atoms with Crippen molar-refractivity contribution in [2.45, 2.75) is 18.2 Å². The molecule has 0 saturated carbocycles. The van der Waals surface area contributed by atoms with Gasteiger partial charge in [0.1, 0.15) is 0 Å². The molecule has 3 rings (SSSR count). The summed E-state index contributed by atoms with van der Waals surface area (Å²) in [6.07, 6.45) is 0. The summed E-state index contributed by atoms with van der Waals surface area (Å²) >= 11 is 2.81. The first-order chi connectivity index (χ1) is 13.1. The van der Waals surface area contributed by atoms with Gasteiger partial charge in [0.25, 0.3) is 5.22 Å². The third kappa shape index (κ3) is 4.81. The smallest absolute Gasteiger partial charge is 0.277 e. The molecule has 142 valence electrons. The minimum Gasteiger partial charge on any atom is -0.493 e. The normalized spacial score (nSPS) is 11.8. The number of thiophene rings is 1. The van der Waals surface area contributed by atoms with Gasteiger partial charge in [0.2, 0.25) is 11.8 Å². The Balaban J connectivity index is 1.59. The summed E-state index contributed by atoms with van der Waals surface area (Å²) in [5.41, 5.74) is 0.711. The molecule has 0 radical (unpaired) electrons. The summed E-state index contributed by atoms with van der Waals surface area (Å²) in [7, 11) is 3.13. The first-order valence-corrected chi connectivity index (χ1v) is 9.98. The molecule has 0 saturated heterocycles. The fraction of sp³-hybridized carbons (Fsp3) is 0.278. The molecule has 7 nitrogen and oxygen atoms in total. The molecule has 1 atom stereocenters. The number of amides is 1. The molecule has 0 aliphatic carbocycles. The van der Waals surface area contributed by atoms with E-state index >= 15 is 0 Å². The Morgan fingerprint density at radius 2 is 2.07 bits per heavy atom. The lowest BCUT2D eigenvalue weighted by molar-refractivity contribution is -0.119. The number of methoxy groups -OCH3 is 2. The first-order valence-electron chi connectivity index (χ1n) is 8.12. The van der Waals surface area contributed by atoms with Gasteiger partial charge in [-0.1, -0.05) is 17.8 Å². The number of hydrogen-bond acceptors (Lipinski definition) is 8. The molecule has 9 heteroatoms. The topological polar surface area (TPSA) is 86.5 Å². The van der Waals surface area contributed by atoms with Crippen molar-refractivity contribution in [3.63, 3.8) is 0 Å². The zero-order valence-electron chi connectivity index (χ0n) is 15.1. The summed E-state index contributed by atoms with van der Waals surface area (Å²) < 4.78 is 16.1. The summed E-state index contributed by atoms with van der Waals surface area (Å²) in [5.74, 6) is 1.65. The molecule has 27 heavy (non-hydrogen) atoms. The maximum Gasteiger partial charge on any atom is 0.277 e. The standard InChI is InChI=1S/C18H19N3O4S2/c1-11(15-5-4-8-26-15)19-16(22)10-27-18-21-20-17(25-18)12-6-7-13(23-2)14(9-12)24-3/h4-9,11H,10H2,1-3H3,(H,19,22)/t11-/m1/s1. The fourth-order valence-corrected chi connectivity index (χ4v) is 3.68. The quantitative estimate of drug-likeness (QED) is 0.571. The summed E-state index contributed by atoms with van der Waals surface area (Å²) in [5, 5.41) is 13.3. The molecule has 0 aliphatic heterocycles. The summed E-state index contributed by atoms with van der Waals surface area (Å²) in [6.45, 7) is 1.95. The summed E-state index contributed by atoms with van der Waals surface area (Å²) in [4.78, 5) is 13.2. The van der Waals surface area contributed by atoms with Crippen molar-refractivity contribution in [2.24, 2.45) is 0 Å². The predicted octanol–water partition coefficient (Wildman–Crippen LogP) is 3.78. The number of hydrogen-bond donors (Lipinski definition) is 1. The lowest BCUT2D eigenvalue weighted by Gasteiger charge is -2.11. The van der Waals surface area contributed by atoms with Crippen LogP contribution >= 0.6 is 23.1 Å². The molecule has 3 aromatic rings. The molecule has 0 bridgehead atoms. The van der Waals surface area contributed by atoms with Gasteiger partial charge in [-0.25, -0.2) is 0 Å². The maximum absolute atomic E-state index is 12.1. The minimum atomic E-state index is -0.0910. The van der Waals surface area contributed by atoms with Crippen LogP contribution in [0.1, 0.15) is 17.8 Å². The summed E-state index contributed by atoms with van der Waals surface area (Å²) in [6, 6.07) is 9.27. The second kappa shape index (κ2) is 8.92. The fourth-order valence-electron chi connectivity index (χ4n) is 2.37. The van der Waals surface area contributed by atoms with E-state index < -0.39 is 0 Å². The van der Waals surface area contributed by atoms with Crippen molar-refractivity contribution in [3.05, 3.63) is 40.6 Å². The number of nitrogens with one attached hydrogen (secondary N) is 1. The average molecular weight is 406 g/mol. The molecule has 0 fully saturated rings. The van der Waals surface area contributed by atoms with E-state index in [1.54, 1.807) is 43.8 Å². The highest BCUT2D eigenvalue weighted by Crippen LogP contribution is 2.32. The molecule has 1 N–H and O–H groups in total. The van der Waals surface area contributed by atoms with Gasteiger partial charge in [-0.15, -0.1) is 21.5 Å². The van der Waals surface area contributed by atoms with Crippen molar-refractivity contribution >= 4 is 29.0 Å². The van der Waals surface area contributed by atoms with E-state index in [9.17, 15) is 4.79 Å². The number of carbonyl (C=O) groups is 1. The Bertz CT molecular complexity index is 896. The molecule has 0 aliphatic rings. The van der Waals surface area contributed by atoms with Gasteiger partial charge >= 0.3 is 0 Å². The van der Waals surface area contributed by atoms with Gasteiger partial charge < -0.3 is 19.2 Å². The molecule has 1 aromatic carbocycles. The van der Waals surface area contributed by atoms with Crippen molar-refractivity contribution in [3.8, 4) is 23.0 Å². The van der Waals surface area contributed by atoms with E-state index in [0.29, 0.717) is 28.2 Å². The highest BCUT2D eigenvalue weighted by Gasteiger charge is 2.15. The Morgan fingerprint density at radius 1 is 1.26 bits per heavy atom. The molecule has 2 heterocycles. The number of nitrogens with zero attached hydrogens (tertiary/aromatic N) is 2. The Morgan fingerprint density at radius 3 is 2.78 bits per heavy atom. The minimum absolute atomic E-state index is 0.0249. The van der Waals surface area contributed by atoms with Crippen molar-refractivity contribution in [2.75, 3.05) is 20.0 Å². The molecule has 0 unspecified atom stereocenters. The lowest BCUT2D eigenvalue weighted by Crippen LogP contribution is -2.27. The number of ether oxygens (including phenoxy) is 2. The van der Waals surface area contributed by atoms with Crippen LogP contribution in [-0.4, -0.2) is 36.1 Å². The maximum atomic E-state index is 12.1. The monoisotopic (exact) mass is 405 g/mol. The zero-order valence-corrected chi connectivity index (χ0v) is 16.7. The van der Waals surface area contributed by atoms with E-state index in [1.165, 1.54) is 11.8 Å². The first kappa shape index (κ1) is 19.2. The SMILES string of the molecule is COc1ccc(-c2nnc(SCC(=O)N[C@H](C)c3cccs3)o2)cc1OC. The highest BCUT2D eigenvalue weighted by molar-refractivity contribution is 7.99. The van der Waals surface area contributed by atoms with E-state index in [1.807, 2.05) is 24.4 Å². The second-order valence-electron chi connectivity index (χ2n) is 5.54. The van der Waals surface area contributed by atoms with Crippen molar-refractivity contribution < 1.29 is 18.7 Å².